The normalized spacial score (nSPS) is 42.4. The van der Waals surface area contributed by atoms with E-state index in [0.29, 0.717) is 30.4 Å². The molecule has 1 amide bonds. The van der Waals surface area contributed by atoms with Crippen molar-refractivity contribution in [2.75, 3.05) is 19.7 Å². The Bertz CT molecular complexity index is 1200. The van der Waals surface area contributed by atoms with Crippen LogP contribution in [0.1, 0.15) is 63.7 Å². The maximum atomic E-state index is 13.6. The summed E-state index contributed by atoms with van der Waals surface area (Å²) >= 11 is 0. The van der Waals surface area contributed by atoms with Crippen LogP contribution in [0.4, 0.5) is 0 Å². The summed E-state index contributed by atoms with van der Waals surface area (Å²) in [4.78, 5) is 41.8. The first-order valence-corrected chi connectivity index (χ1v) is 14.6. The molecule has 0 spiro atoms. The van der Waals surface area contributed by atoms with Gasteiger partial charge in [0.1, 0.15) is 11.7 Å². The Labute approximate surface area is 230 Å². The molecule has 5 aliphatic rings. The SMILES string of the molecule is CC(C)C1=CC2C[C@]3(C=O)C4CC[C@@H](C)C4CC2(CO[C@H]2CN(C(=O)c4ccccc4)C[C@@H](C)O2)C13C(=O)O. The average Bonchev–Trinajstić information content (AvgIpc) is 3.49. The molecule has 7 heteroatoms. The number of carboxylic acids is 1. The maximum Gasteiger partial charge on any atom is 0.315 e. The van der Waals surface area contributed by atoms with Crippen LogP contribution in [0.5, 0.6) is 0 Å². The van der Waals surface area contributed by atoms with Crippen LogP contribution < -0.4 is 0 Å². The van der Waals surface area contributed by atoms with Crippen molar-refractivity contribution in [1.82, 2.24) is 4.90 Å². The average molecular weight is 536 g/mol. The van der Waals surface area contributed by atoms with E-state index in [-0.39, 0.29) is 42.9 Å². The van der Waals surface area contributed by atoms with Gasteiger partial charge in [0.15, 0.2) is 6.29 Å². The Morgan fingerprint density at radius 2 is 1.90 bits per heavy atom. The predicted octanol–water partition coefficient (Wildman–Crippen LogP) is 4.81. The highest BCUT2D eigenvalue weighted by Gasteiger charge is 2.84. The van der Waals surface area contributed by atoms with Crippen LogP contribution in [0.3, 0.4) is 0 Å². The van der Waals surface area contributed by atoms with Gasteiger partial charge in [-0.25, -0.2) is 0 Å². The molecule has 4 fully saturated rings. The van der Waals surface area contributed by atoms with E-state index < -0.39 is 28.5 Å². The molecule has 1 heterocycles. The number of amides is 1. The second-order valence-corrected chi connectivity index (χ2v) is 13.2. The third-order valence-electron chi connectivity index (χ3n) is 11.2. The largest absolute Gasteiger partial charge is 0.481 e. The van der Waals surface area contributed by atoms with Crippen molar-refractivity contribution in [3.63, 3.8) is 0 Å². The van der Waals surface area contributed by atoms with Crippen LogP contribution in [0.25, 0.3) is 0 Å². The minimum Gasteiger partial charge on any atom is -0.481 e. The zero-order chi connectivity index (χ0) is 27.7. The molecule has 1 aromatic rings. The first kappa shape index (κ1) is 26.7. The van der Waals surface area contributed by atoms with Gasteiger partial charge >= 0.3 is 5.97 Å². The summed E-state index contributed by atoms with van der Waals surface area (Å²) in [6.07, 6.45) is 5.62. The Kier molecular flexibility index (Phi) is 6.35. The van der Waals surface area contributed by atoms with Gasteiger partial charge in [0.25, 0.3) is 5.91 Å². The summed E-state index contributed by atoms with van der Waals surface area (Å²) in [6.45, 7) is 9.24. The zero-order valence-corrected chi connectivity index (χ0v) is 23.5. The van der Waals surface area contributed by atoms with E-state index in [4.69, 9.17) is 9.47 Å². The summed E-state index contributed by atoms with van der Waals surface area (Å²) in [7, 11) is 0. The van der Waals surface area contributed by atoms with E-state index >= 15 is 0 Å². The first-order valence-electron chi connectivity index (χ1n) is 14.6. The van der Waals surface area contributed by atoms with Crippen molar-refractivity contribution >= 4 is 18.2 Å². The van der Waals surface area contributed by atoms with E-state index in [2.05, 4.69) is 13.0 Å². The minimum atomic E-state index is -1.27. The number of ether oxygens (including phenoxy) is 2. The molecular weight excluding hydrogens is 494 g/mol. The molecule has 4 aliphatic carbocycles. The number of aldehydes is 1. The lowest BCUT2D eigenvalue weighted by molar-refractivity contribution is -0.232. The zero-order valence-electron chi connectivity index (χ0n) is 23.5. The Morgan fingerprint density at radius 3 is 2.56 bits per heavy atom. The highest BCUT2D eigenvalue weighted by molar-refractivity contribution is 5.94. The predicted molar refractivity (Wildman–Crippen MR) is 145 cm³/mol. The lowest BCUT2D eigenvalue weighted by atomic mass is 9.43. The fourth-order valence-corrected chi connectivity index (χ4v) is 9.81. The third-order valence-corrected chi connectivity index (χ3v) is 11.2. The number of carboxylic acid groups (broad SMARTS) is 1. The van der Waals surface area contributed by atoms with Crippen molar-refractivity contribution in [3.05, 3.63) is 47.5 Å². The van der Waals surface area contributed by atoms with Gasteiger partial charge in [-0.05, 0) is 67.9 Å². The van der Waals surface area contributed by atoms with E-state index in [1.807, 2.05) is 51.1 Å². The smallest absolute Gasteiger partial charge is 0.315 e. The molecule has 1 saturated heterocycles. The molecule has 0 radical (unpaired) electrons. The highest BCUT2D eigenvalue weighted by atomic mass is 16.7. The van der Waals surface area contributed by atoms with Crippen LogP contribution in [-0.4, -0.2) is 60.3 Å². The number of carbonyl (C=O) groups is 3. The van der Waals surface area contributed by atoms with Crippen molar-refractivity contribution in [1.29, 1.82) is 0 Å². The molecule has 5 unspecified atom stereocenters. The number of hydrogen-bond acceptors (Lipinski definition) is 5. The Balaban J connectivity index is 1.34. The standard InChI is InChI=1S/C32H41NO6/c1-19(2)26-12-23-13-30(17-34)25-11-10-20(3)24(25)14-31(23,32(26,30)29(36)37)18-38-27-16-33(15-21(4)39-27)28(35)22-8-6-5-7-9-22/h5-9,12,17,19-21,23-25,27H,10-11,13-16,18H2,1-4H3,(H,36,37)/t20-,21-,23?,24?,25?,27-,30+,31?,32?/m1/s1. The monoisotopic (exact) mass is 535 g/mol. The molecule has 1 N–H and O–H groups in total. The fourth-order valence-electron chi connectivity index (χ4n) is 9.81. The number of carbonyl (C=O) groups excluding carboxylic acids is 2. The number of morpholine rings is 1. The highest BCUT2D eigenvalue weighted by Crippen LogP contribution is 2.82. The van der Waals surface area contributed by atoms with Crippen molar-refractivity contribution in [2.45, 2.75) is 65.8 Å². The molecule has 0 aromatic heterocycles. The topological polar surface area (TPSA) is 93.1 Å². The second kappa shape index (κ2) is 9.27. The number of hydrogen-bond donors (Lipinski definition) is 1. The van der Waals surface area contributed by atoms with Crippen LogP contribution in [-0.2, 0) is 19.1 Å². The van der Waals surface area contributed by atoms with Gasteiger partial charge in [-0.1, -0.05) is 57.0 Å². The number of benzene rings is 1. The van der Waals surface area contributed by atoms with Gasteiger partial charge in [-0.3, -0.25) is 9.59 Å². The number of allylic oxidation sites excluding steroid dienone is 1. The molecular formula is C32H41NO6. The van der Waals surface area contributed by atoms with Crippen LogP contribution in [0, 0.1) is 45.8 Å². The Morgan fingerprint density at radius 1 is 1.15 bits per heavy atom. The fraction of sp³-hybridized carbons (Fsp3) is 0.656. The van der Waals surface area contributed by atoms with E-state index in [9.17, 15) is 19.5 Å². The summed E-state index contributed by atoms with van der Waals surface area (Å²) in [6, 6.07) is 9.21. The number of fused-ring (bicyclic) bond motifs is 2. The minimum absolute atomic E-state index is 0.0189. The van der Waals surface area contributed by atoms with Crippen LogP contribution >= 0.6 is 0 Å². The van der Waals surface area contributed by atoms with Crippen molar-refractivity contribution < 1.29 is 29.0 Å². The third kappa shape index (κ3) is 3.45. The van der Waals surface area contributed by atoms with E-state index in [1.165, 1.54) is 0 Å². The van der Waals surface area contributed by atoms with E-state index in [0.717, 1.165) is 31.1 Å². The summed E-state index contributed by atoms with van der Waals surface area (Å²) < 4.78 is 12.7. The lowest BCUT2D eigenvalue weighted by Crippen LogP contribution is -2.64. The van der Waals surface area contributed by atoms with Gasteiger partial charge in [0, 0.05) is 17.5 Å². The maximum absolute atomic E-state index is 13.6. The number of aliphatic carboxylic acids is 1. The number of nitrogens with zero attached hydrogens (tertiary/aromatic N) is 1. The molecule has 210 valence electrons. The van der Waals surface area contributed by atoms with Gasteiger partial charge in [-0.2, -0.15) is 0 Å². The second-order valence-electron chi connectivity index (χ2n) is 13.2. The van der Waals surface area contributed by atoms with Gasteiger partial charge in [-0.15, -0.1) is 0 Å². The lowest BCUT2D eigenvalue weighted by Gasteiger charge is -2.58. The van der Waals surface area contributed by atoms with E-state index in [1.54, 1.807) is 4.90 Å². The van der Waals surface area contributed by atoms with Crippen molar-refractivity contribution in [3.8, 4) is 0 Å². The molecule has 7 nitrogen and oxygen atoms in total. The molecule has 6 rings (SSSR count). The summed E-state index contributed by atoms with van der Waals surface area (Å²) in [5.74, 6) is -0.114. The van der Waals surface area contributed by atoms with Crippen molar-refractivity contribution in [2.24, 2.45) is 45.8 Å². The molecule has 1 aromatic carbocycles. The molecule has 1 aliphatic heterocycles. The van der Waals surface area contributed by atoms with Gasteiger partial charge < -0.3 is 24.3 Å². The van der Waals surface area contributed by atoms with Gasteiger partial charge in [0.05, 0.1) is 24.7 Å². The summed E-state index contributed by atoms with van der Waals surface area (Å²) in [5.41, 5.74) is -1.37. The molecule has 9 atom stereocenters. The Hall–Kier alpha value is -2.51. The van der Waals surface area contributed by atoms with Crippen LogP contribution in [0.15, 0.2) is 42.0 Å². The molecule has 39 heavy (non-hydrogen) atoms. The molecule has 4 bridgehead atoms. The summed E-state index contributed by atoms with van der Waals surface area (Å²) in [5, 5.41) is 11.1. The van der Waals surface area contributed by atoms with Crippen LogP contribution in [0.2, 0.25) is 0 Å². The van der Waals surface area contributed by atoms with Gasteiger partial charge in [0.2, 0.25) is 0 Å². The first-order chi connectivity index (χ1) is 18.6. The molecule has 3 saturated carbocycles. The quantitative estimate of drug-likeness (QED) is 0.398. The number of rotatable bonds is 7.